The Labute approximate surface area is 139 Å². The molecule has 0 N–H and O–H groups in total. The molecule has 1 atom stereocenters. The van der Waals surface area contributed by atoms with Gasteiger partial charge in [0.25, 0.3) is 5.89 Å². The summed E-state index contributed by atoms with van der Waals surface area (Å²) in [6.45, 7) is 3.69. The van der Waals surface area contributed by atoms with Crippen LogP contribution in [0.5, 0.6) is 5.75 Å². The van der Waals surface area contributed by atoms with E-state index >= 15 is 0 Å². The lowest BCUT2D eigenvalue weighted by Gasteiger charge is -2.02. The van der Waals surface area contributed by atoms with Crippen molar-refractivity contribution in [2.24, 2.45) is 0 Å². The van der Waals surface area contributed by atoms with Crippen molar-refractivity contribution in [3.63, 3.8) is 0 Å². The van der Waals surface area contributed by atoms with Crippen molar-refractivity contribution >= 4 is 0 Å². The molecule has 1 fully saturated rings. The maximum Gasteiger partial charge on any atom is 0.293 e. The molecule has 1 aromatic carbocycles. The summed E-state index contributed by atoms with van der Waals surface area (Å²) in [5.41, 5.74) is 0.944. The number of ether oxygens (including phenoxy) is 2. The SMILES string of the molecule is Cc1cc(COc2ccccc2)oc1-c1nc([C@H]2CCOC2)no1. The van der Waals surface area contributed by atoms with E-state index in [2.05, 4.69) is 10.1 Å². The van der Waals surface area contributed by atoms with E-state index in [0.29, 0.717) is 30.7 Å². The van der Waals surface area contributed by atoms with E-state index in [1.165, 1.54) is 0 Å². The summed E-state index contributed by atoms with van der Waals surface area (Å²) in [4.78, 5) is 4.46. The number of aryl methyl sites for hydroxylation is 1. The number of furan rings is 1. The van der Waals surface area contributed by atoms with E-state index in [1.807, 2.05) is 43.3 Å². The summed E-state index contributed by atoms with van der Waals surface area (Å²) in [6, 6.07) is 11.6. The fraction of sp³-hybridized carbons (Fsp3) is 0.333. The van der Waals surface area contributed by atoms with Crippen LogP contribution >= 0.6 is 0 Å². The van der Waals surface area contributed by atoms with Crippen LogP contribution < -0.4 is 4.74 Å². The second kappa shape index (κ2) is 6.49. The van der Waals surface area contributed by atoms with Crippen molar-refractivity contribution in [2.45, 2.75) is 25.9 Å². The molecule has 0 spiro atoms. The lowest BCUT2D eigenvalue weighted by atomic mass is 10.1. The second-order valence-electron chi connectivity index (χ2n) is 5.84. The quantitative estimate of drug-likeness (QED) is 0.711. The van der Waals surface area contributed by atoms with Gasteiger partial charge in [-0.1, -0.05) is 23.4 Å². The molecule has 1 saturated heterocycles. The third-order valence-corrected chi connectivity index (χ3v) is 4.02. The third kappa shape index (κ3) is 3.05. The highest BCUT2D eigenvalue weighted by Gasteiger charge is 2.25. The maximum atomic E-state index is 5.85. The fourth-order valence-corrected chi connectivity index (χ4v) is 2.73. The topological polar surface area (TPSA) is 70.5 Å². The molecule has 124 valence electrons. The Morgan fingerprint density at radius 2 is 2.12 bits per heavy atom. The first-order chi connectivity index (χ1) is 11.8. The van der Waals surface area contributed by atoms with Gasteiger partial charge in [0.2, 0.25) is 0 Å². The van der Waals surface area contributed by atoms with Gasteiger partial charge < -0.3 is 18.4 Å². The first kappa shape index (κ1) is 15.0. The highest BCUT2D eigenvalue weighted by molar-refractivity contribution is 5.51. The summed E-state index contributed by atoms with van der Waals surface area (Å²) >= 11 is 0. The molecule has 6 nitrogen and oxygen atoms in total. The summed E-state index contributed by atoms with van der Waals surface area (Å²) in [5.74, 6) is 3.41. The Balaban J connectivity index is 1.49. The van der Waals surface area contributed by atoms with Crippen LogP contribution in [0, 0.1) is 6.92 Å². The average Bonchev–Trinajstić information content (AvgIpc) is 3.34. The fourth-order valence-electron chi connectivity index (χ4n) is 2.73. The van der Waals surface area contributed by atoms with E-state index < -0.39 is 0 Å². The van der Waals surface area contributed by atoms with Crippen LogP contribution in [-0.4, -0.2) is 23.4 Å². The number of hydrogen-bond donors (Lipinski definition) is 0. The van der Waals surface area contributed by atoms with Gasteiger partial charge in [-0.2, -0.15) is 4.98 Å². The van der Waals surface area contributed by atoms with Crippen LogP contribution in [0.2, 0.25) is 0 Å². The van der Waals surface area contributed by atoms with E-state index in [0.717, 1.165) is 30.1 Å². The molecule has 1 aliphatic heterocycles. The van der Waals surface area contributed by atoms with E-state index in [-0.39, 0.29) is 5.92 Å². The van der Waals surface area contributed by atoms with Crippen molar-refractivity contribution < 1.29 is 18.4 Å². The molecule has 6 heteroatoms. The Kier molecular flexibility index (Phi) is 4.04. The molecule has 0 saturated carbocycles. The highest BCUT2D eigenvalue weighted by Crippen LogP contribution is 2.29. The zero-order chi connectivity index (χ0) is 16.4. The van der Waals surface area contributed by atoms with Crippen LogP contribution in [0.3, 0.4) is 0 Å². The minimum atomic E-state index is 0.207. The van der Waals surface area contributed by atoms with Crippen molar-refractivity contribution in [3.8, 4) is 17.4 Å². The number of hydrogen-bond acceptors (Lipinski definition) is 6. The van der Waals surface area contributed by atoms with Crippen LogP contribution in [0.1, 0.15) is 29.5 Å². The van der Waals surface area contributed by atoms with E-state index in [9.17, 15) is 0 Å². The zero-order valence-corrected chi connectivity index (χ0v) is 13.4. The summed E-state index contributed by atoms with van der Waals surface area (Å²) < 4.78 is 22.3. The molecule has 0 aliphatic carbocycles. The number of para-hydroxylation sites is 1. The lowest BCUT2D eigenvalue weighted by Crippen LogP contribution is -1.99. The number of nitrogens with zero attached hydrogens (tertiary/aromatic N) is 2. The molecule has 3 aromatic rings. The van der Waals surface area contributed by atoms with Gasteiger partial charge in [-0.15, -0.1) is 0 Å². The van der Waals surface area contributed by atoms with Crippen molar-refractivity contribution in [3.05, 3.63) is 53.5 Å². The van der Waals surface area contributed by atoms with Crippen LogP contribution in [0.25, 0.3) is 11.7 Å². The number of aromatic nitrogens is 2. The smallest absolute Gasteiger partial charge is 0.293 e. The van der Waals surface area contributed by atoms with Gasteiger partial charge in [-0.05, 0) is 31.5 Å². The van der Waals surface area contributed by atoms with Crippen LogP contribution in [0.15, 0.2) is 45.3 Å². The van der Waals surface area contributed by atoms with Crippen LogP contribution in [0.4, 0.5) is 0 Å². The first-order valence-corrected chi connectivity index (χ1v) is 7.98. The van der Waals surface area contributed by atoms with E-state index in [1.54, 1.807) is 0 Å². The van der Waals surface area contributed by atoms with E-state index in [4.69, 9.17) is 18.4 Å². The number of rotatable bonds is 5. The molecule has 0 amide bonds. The predicted molar refractivity (Wildman–Crippen MR) is 85.7 cm³/mol. The summed E-state index contributed by atoms with van der Waals surface area (Å²) in [7, 11) is 0. The van der Waals surface area contributed by atoms with Crippen molar-refractivity contribution in [2.75, 3.05) is 13.2 Å². The highest BCUT2D eigenvalue weighted by atomic mass is 16.5. The number of benzene rings is 1. The zero-order valence-electron chi connectivity index (χ0n) is 13.4. The molecule has 2 aromatic heterocycles. The molecule has 0 radical (unpaired) electrons. The Bertz CT molecular complexity index is 804. The monoisotopic (exact) mass is 326 g/mol. The van der Waals surface area contributed by atoms with Crippen LogP contribution in [-0.2, 0) is 11.3 Å². The summed E-state index contributed by atoms with van der Waals surface area (Å²) in [6.07, 6.45) is 0.923. The molecule has 4 rings (SSSR count). The minimum Gasteiger partial charge on any atom is -0.486 e. The lowest BCUT2D eigenvalue weighted by molar-refractivity contribution is 0.192. The maximum absolute atomic E-state index is 5.85. The van der Waals surface area contributed by atoms with Gasteiger partial charge in [0.05, 0.1) is 6.61 Å². The molecule has 0 bridgehead atoms. The molecule has 1 aliphatic rings. The molecular formula is C18H18N2O4. The minimum absolute atomic E-state index is 0.207. The Hall–Kier alpha value is -2.60. The molecule has 24 heavy (non-hydrogen) atoms. The van der Waals surface area contributed by atoms with Gasteiger partial charge in [0, 0.05) is 18.1 Å². The van der Waals surface area contributed by atoms with Gasteiger partial charge in [0.1, 0.15) is 18.1 Å². The Morgan fingerprint density at radius 1 is 1.25 bits per heavy atom. The second-order valence-corrected chi connectivity index (χ2v) is 5.84. The predicted octanol–water partition coefficient (Wildman–Crippen LogP) is 3.72. The standard InChI is InChI=1S/C18H18N2O4/c1-12-9-15(11-22-14-5-3-2-4-6-14)23-16(12)18-19-17(20-24-18)13-7-8-21-10-13/h2-6,9,13H,7-8,10-11H2,1H3/t13-/m0/s1. The Morgan fingerprint density at radius 3 is 2.92 bits per heavy atom. The first-order valence-electron chi connectivity index (χ1n) is 7.98. The van der Waals surface area contributed by atoms with Crippen molar-refractivity contribution in [1.82, 2.24) is 10.1 Å². The molecule has 3 heterocycles. The van der Waals surface area contributed by atoms with Gasteiger partial charge in [-0.25, -0.2) is 0 Å². The largest absolute Gasteiger partial charge is 0.486 e. The van der Waals surface area contributed by atoms with Gasteiger partial charge in [-0.3, -0.25) is 0 Å². The normalized spacial score (nSPS) is 17.3. The average molecular weight is 326 g/mol. The molecule has 0 unspecified atom stereocenters. The van der Waals surface area contributed by atoms with Crippen molar-refractivity contribution in [1.29, 1.82) is 0 Å². The third-order valence-electron chi connectivity index (χ3n) is 4.02. The van der Waals surface area contributed by atoms with Gasteiger partial charge >= 0.3 is 0 Å². The molecular weight excluding hydrogens is 308 g/mol. The van der Waals surface area contributed by atoms with Gasteiger partial charge in [0.15, 0.2) is 11.6 Å². The summed E-state index contributed by atoms with van der Waals surface area (Å²) in [5, 5.41) is 4.06.